The Bertz CT molecular complexity index is 687. The van der Waals surface area contributed by atoms with Gasteiger partial charge in [0.25, 0.3) is 5.91 Å². The van der Waals surface area contributed by atoms with E-state index >= 15 is 0 Å². The van der Waals surface area contributed by atoms with Crippen molar-refractivity contribution in [3.63, 3.8) is 0 Å². The number of anilines is 2. The number of benzene rings is 2. The summed E-state index contributed by atoms with van der Waals surface area (Å²) < 4.78 is 13.0. The van der Waals surface area contributed by atoms with E-state index in [1.165, 1.54) is 25.1 Å². The van der Waals surface area contributed by atoms with E-state index in [0.717, 1.165) is 0 Å². The van der Waals surface area contributed by atoms with Crippen molar-refractivity contribution in [1.29, 1.82) is 0 Å². The molecular weight excluding hydrogens is 295 g/mol. The molecule has 0 aromatic heterocycles. The quantitative estimate of drug-likeness (QED) is 0.908. The molecule has 0 fully saturated rings. The lowest BCUT2D eigenvalue weighted by Crippen LogP contribution is -2.12. The third-order valence-corrected chi connectivity index (χ3v) is 2.93. The zero-order valence-corrected chi connectivity index (χ0v) is 11.9. The molecule has 0 heterocycles. The van der Waals surface area contributed by atoms with Crippen LogP contribution in [0.2, 0.25) is 5.02 Å². The van der Waals surface area contributed by atoms with Gasteiger partial charge in [-0.3, -0.25) is 9.59 Å². The molecule has 0 aliphatic carbocycles. The molecule has 2 aromatic carbocycles. The molecule has 4 nitrogen and oxygen atoms in total. The summed E-state index contributed by atoms with van der Waals surface area (Å²) in [5.74, 6) is -1.09. The van der Waals surface area contributed by atoms with Crippen LogP contribution in [-0.4, -0.2) is 11.8 Å². The number of halogens is 2. The zero-order chi connectivity index (χ0) is 15.4. The topological polar surface area (TPSA) is 58.2 Å². The van der Waals surface area contributed by atoms with Crippen molar-refractivity contribution in [2.75, 3.05) is 10.6 Å². The number of rotatable bonds is 3. The monoisotopic (exact) mass is 306 g/mol. The van der Waals surface area contributed by atoms with Crippen LogP contribution in [0.4, 0.5) is 15.8 Å². The average molecular weight is 307 g/mol. The number of amides is 2. The van der Waals surface area contributed by atoms with Gasteiger partial charge in [-0.25, -0.2) is 4.39 Å². The molecule has 0 spiro atoms. The predicted octanol–water partition coefficient (Wildman–Crippen LogP) is 3.69. The summed E-state index contributed by atoms with van der Waals surface area (Å²) in [7, 11) is 0. The highest BCUT2D eigenvalue weighted by Crippen LogP contribution is 2.20. The van der Waals surface area contributed by atoms with Crippen LogP contribution >= 0.6 is 11.6 Å². The van der Waals surface area contributed by atoms with Crippen molar-refractivity contribution in [2.24, 2.45) is 0 Å². The van der Waals surface area contributed by atoms with Crippen LogP contribution in [-0.2, 0) is 4.79 Å². The van der Waals surface area contributed by atoms with E-state index in [0.29, 0.717) is 16.9 Å². The van der Waals surface area contributed by atoms with Gasteiger partial charge < -0.3 is 10.6 Å². The summed E-state index contributed by atoms with van der Waals surface area (Å²) in [6, 6.07) is 10.3. The lowest BCUT2D eigenvalue weighted by molar-refractivity contribution is -0.114. The van der Waals surface area contributed by atoms with Crippen LogP contribution < -0.4 is 10.6 Å². The van der Waals surface area contributed by atoms with Gasteiger partial charge in [0.1, 0.15) is 5.82 Å². The number of carbonyl (C=O) groups excluding carboxylic acids is 2. The van der Waals surface area contributed by atoms with Crippen LogP contribution in [0.3, 0.4) is 0 Å². The molecule has 2 amide bonds. The van der Waals surface area contributed by atoms with Crippen molar-refractivity contribution in [3.8, 4) is 0 Å². The summed E-state index contributed by atoms with van der Waals surface area (Å²) in [5.41, 5.74) is 1.41. The van der Waals surface area contributed by atoms with E-state index in [9.17, 15) is 14.0 Å². The molecule has 0 atom stereocenters. The minimum Gasteiger partial charge on any atom is -0.326 e. The number of hydrogen-bond acceptors (Lipinski definition) is 2. The molecule has 108 valence electrons. The van der Waals surface area contributed by atoms with Gasteiger partial charge in [0.2, 0.25) is 5.91 Å². The van der Waals surface area contributed by atoms with Gasteiger partial charge in [-0.1, -0.05) is 11.6 Å². The number of hydrogen-bond donors (Lipinski definition) is 2. The van der Waals surface area contributed by atoms with Crippen LogP contribution in [0, 0.1) is 5.82 Å². The molecular formula is C15H12ClFN2O2. The molecule has 0 aliphatic heterocycles. The fourth-order valence-corrected chi connectivity index (χ4v) is 1.87. The van der Waals surface area contributed by atoms with Gasteiger partial charge in [-0.15, -0.1) is 0 Å². The second-order valence-electron chi connectivity index (χ2n) is 4.34. The second kappa shape index (κ2) is 6.37. The predicted molar refractivity (Wildman–Crippen MR) is 80.1 cm³/mol. The molecule has 0 saturated heterocycles. The first-order valence-corrected chi connectivity index (χ1v) is 6.47. The van der Waals surface area contributed by atoms with Crippen molar-refractivity contribution in [3.05, 3.63) is 58.9 Å². The van der Waals surface area contributed by atoms with Crippen molar-refractivity contribution >= 4 is 34.8 Å². The molecule has 2 aromatic rings. The van der Waals surface area contributed by atoms with Crippen LogP contribution in [0.25, 0.3) is 0 Å². The average Bonchev–Trinajstić information content (AvgIpc) is 2.43. The number of nitrogens with one attached hydrogen (secondary N) is 2. The Balaban J connectivity index is 2.09. The maximum absolute atomic E-state index is 13.0. The van der Waals surface area contributed by atoms with Crippen molar-refractivity contribution < 1.29 is 14.0 Å². The molecule has 21 heavy (non-hydrogen) atoms. The zero-order valence-electron chi connectivity index (χ0n) is 11.1. The normalized spacial score (nSPS) is 10.0. The minimum atomic E-state index is -0.547. The molecule has 0 saturated carbocycles. The molecule has 6 heteroatoms. The third kappa shape index (κ3) is 4.03. The van der Waals surface area contributed by atoms with E-state index in [2.05, 4.69) is 10.6 Å². The van der Waals surface area contributed by atoms with E-state index in [1.54, 1.807) is 24.3 Å². The highest BCUT2D eigenvalue weighted by Gasteiger charge is 2.08. The summed E-state index contributed by atoms with van der Waals surface area (Å²) in [4.78, 5) is 22.9. The molecule has 0 bridgehead atoms. The molecule has 0 radical (unpaired) electrons. The van der Waals surface area contributed by atoms with Gasteiger partial charge in [0.05, 0.1) is 5.02 Å². The smallest absolute Gasteiger partial charge is 0.255 e. The van der Waals surface area contributed by atoms with E-state index < -0.39 is 5.82 Å². The summed E-state index contributed by atoms with van der Waals surface area (Å²) >= 11 is 5.65. The van der Waals surface area contributed by atoms with Crippen LogP contribution in [0.5, 0.6) is 0 Å². The van der Waals surface area contributed by atoms with Gasteiger partial charge >= 0.3 is 0 Å². The summed E-state index contributed by atoms with van der Waals surface area (Å²) in [6.07, 6.45) is 0. The second-order valence-corrected chi connectivity index (χ2v) is 4.75. The van der Waals surface area contributed by atoms with Crippen LogP contribution in [0.15, 0.2) is 42.5 Å². The van der Waals surface area contributed by atoms with E-state index in [1.807, 2.05) is 0 Å². The fraction of sp³-hybridized carbons (Fsp3) is 0.0667. The van der Waals surface area contributed by atoms with Crippen molar-refractivity contribution in [1.82, 2.24) is 0 Å². The van der Waals surface area contributed by atoms with E-state index in [4.69, 9.17) is 11.6 Å². The maximum Gasteiger partial charge on any atom is 0.255 e. The van der Waals surface area contributed by atoms with Gasteiger partial charge in [0, 0.05) is 23.9 Å². The molecule has 2 rings (SSSR count). The molecule has 2 N–H and O–H groups in total. The Labute approximate surface area is 125 Å². The first kappa shape index (κ1) is 15.0. The molecule has 0 aliphatic rings. The maximum atomic E-state index is 13.0. The highest BCUT2D eigenvalue weighted by molar-refractivity contribution is 6.31. The highest BCUT2D eigenvalue weighted by atomic mass is 35.5. The Morgan fingerprint density at radius 2 is 1.62 bits per heavy atom. The van der Waals surface area contributed by atoms with Gasteiger partial charge in [0.15, 0.2) is 0 Å². The van der Waals surface area contributed by atoms with Crippen molar-refractivity contribution in [2.45, 2.75) is 6.92 Å². The van der Waals surface area contributed by atoms with E-state index in [-0.39, 0.29) is 16.8 Å². The molecule has 0 unspecified atom stereocenters. The largest absolute Gasteiger partial charge is 0.326 e. The summed E-state index contributed by atoms with van der Waals surface area (Å²) in [5, 5.41) is 5.15. The Kier molecular flexibility index (Phi) is 4.55. The first-order valence-electron chi connectivity index (χ1n) is 6.10. The SMILES string of the molecule is CC(=O)Nc1ccc(C(=O)Nc2ccc(F)c(Cl)c2)cc1. The lowest BCUT2D eigenvalue weighted by Gasteiger charge is -2.07. The standard InChI is InChI=1S/C15H12ClFN2O2/c1-9(20)18-11-4-2-10(3-5-11)15(21)19-12-6-7-14(17)13(16)8-12/h2-8H,1H3,(H,18,20)(H,19,21). The van der Waals surface area contributed by atoms with Gasteiger partial charge in [-0.2, -0.15) is 0 Å². The lowest BCUT2D eigenvalue weighted by atomic mass is 10.2. The third-order valence-electron chi connectivity index (χ3n) is 2.64. The number of carbonyl (C=O) groups is 2. The Hall–Kier alpha value is -2.40. The Morgan fingerprint density at radius 1 is 1.00 bits per heavy atom. The fourth-order valence-electron chi connectivity index (χ4n) is 1.69. The van der Waals surface area contributed by atoms with Gasteiger partial charge in [-0.05, 0) is 42.5 Å². The Morgan fingerprint density at radius 3 is 2.19 bits per heavy atom. The first-order chi connectivity index (χ1) is 9.95. The van der Waals surface area contributed by atoms with Crippen LogP contribution in [0.1, 0.15) is 17.3 Å². The summed E-state index contributed by atoms with van der Waals surface area (Å²) in [6.45, 7) is 1.40. The minimum absolute atomic E-state index is 0.0613.